The number of aryl methyl sites for hydroxylation is 1. The normalized spacial score (nSPS) is 12.1. The molecule has 1 heterocycles. The number of carboxylic acid groups (broad SMARTS) is 1. The minimum Gasteiger partial charge on any atom is -0.480 e. The van der Waals surface area contributed by atoms with Crippen LogP contribution in [-0.4, -0.2) is 16.1 Å². The lowest BCUT2D eigenvalue weighted by Crippen LogP contribution is -2.05. The fraction of sp³-hybridized carbons (Fsp3) is 0.111. The third-order valence-electron chi connectivity index (χ3n) is 3.62. The van der Waals surface area contributed by atoms with E-state index in [-0.39, 0.29) is 5.89 Å². The van der Waals surface area contributed by atoms with Crippen LogP contribution in [0.2, 0.25) is 0 Å². The summed E-state index contributed by atoms with van der Waals surface area (Å²) in [7, 11) is 0. The van der Waals surface area contributed by atoms with Gasteiger partial charge in [-0.25, -0.2) is 4.98 Å². The molecule has 0 spiro atoms. The maximum Gasteiger partial charge on any atom is 0.325 e. The van der Waals surface area contributed by atoms with E-state index < -0.39 is 11.2 Å². The highest BCUT2D eigenvalue weighted by Gasteiger charge is 2.20. The van der Waals surface area contributed by atoms with E-state index in [4.69, 9.17) is 9.52 Å². The maximum atomic E-state index is 10.7. The molecule has 6 heteroatoms. The predicted octanol–water partition coefficient (Wildman–Crippen LogP) is 4.76. The second kappa shape index (κ2) is 6.83. The molecular weight excluding hydrogens is 390 g/mol. The summed E-state index contributed by atoms with van der Waals surface area (Å²) in [4.78, 5) is 14.8. The van der Waals surface area contributed by atoms with Crippen LogP contribution in [0.4, 0.5) is 0 Å². The summed E-state index contributed by atoms with van der Waals surface area (Å²) in [6.07, 6.45) is 1.44. The zero-order valence-electron chi connectivity index (χ0n) is 12.7. The van der Waals surface area contributed by atoms with Gasteiger partial charge in [0, 0.05) is 10.0 Å². The molecule has 122 valence electrons. The van der Waals surface area contributed by atoms with Gasteiger partial charge in [-0.1, -0.05) is 57.9 Å². The minimum atomic E-state index is -1.08. The number of benzene rings is 2. The third-order valence-corrected chi connectivity index (χ3v) is 4.72. The van der Waals surface area contributed by atoms with Gasteiger partial charge >= 0.3 is 5.97 Å². The van der Waals surface area contributed by atoms with Gasteiger partial charge in [-0.15, -0.1) is 0 Å². The van der Waals surface area contributed by atoms with E-state index in [1.165, 1.54) is 21.2 Å². The quantitative estimate of drug-likeness (QED) is 0.484. The van der Waals surface area contributed by atoms with E-state index in [9.17, 15) is 4.79 Å². The van der Waals surface area contributed by atoms with Crippen LogP contribution in [0, 0.1) is 17.4 Å². The second-order valence-corrected chi connectivity index (χ2v) is 6.74. The van der Waals surface area contributed by atoms with E-state index in [0.717, 1.165) is 11.1 Å². The molecule has 24 heavy (non-hydrogen) atoms. The Bertz CT molecular complexity index is 982. The molecule has 4 rings (SSSR count). The summed E-state index contributed by atoms with van der Waals surface area (Å²) in [6.45, 7) is 1.99. The molecule has 2 aliphatic rings. The van der Waals surface area contributed by atoms with Gasteiger partial charge in [-0.05, 0) is 23.4 Å². The summed E-state index contributed by atoms with van der Waals surface area (Å²) in [5.41, 5.74) is 2.65. The lowest BCUT2D eigenvalue weighted by molar-refractivity contribution is -0.136. The monoisotopic (exact) mass is 403 g/mol. The van der Waals surface area contributed by atoms with Crippen LogP contribution in [0.1, 0.15) is 16.7 Å². The average molecular weight is 404 g/mol. The Kier molecular flexibility index (Phi) is 4.78. The van der Waals surface area contributed by atoms with E-state index in [1.54, 1.807) is 0 Å². The number of rotatable bonds is 3. The Morgan fingerprint density at radius 1 is 1.25 bits per heavy atom. The number of aliphatic carboxylic acids is 1. The van der Waals surface area contributed by atoms with Crippen LogP contribution < -0.4 is 0 Å². The largest absolute Gasteiger partial charge is 0.480 e. The van der Waals surface area contributed by atoms with E-state index in [2.05, 4.69) is 51.7 Å². The van der Waals surface area contributed by atoms with Crippen molar-refractivity contribution in [2.24, 2.45) is 0 Å². The Balaban J connectivity index is 0.000000198. The third kappa shape index (κ3) is 3.39. The molecule has 1 unspecified atom stereocenters. The number of carboxylic acids is 1. The zero-order valence-corrected chi connectivity index (χ0v) is 15.2. The van der Waals surface area contributed by atoms with E-state index >= 15 is 0 Å². The van der Waals surface area contributed by atoms with Gasteiger partial charge in [0.1, 0.15) is 12.0 Å². The molecule has 2 aliphatic carbocycles. The van der Waals surface area contributed by atoms with Crippen LogP contribution >= 0.6 is 28.6 Å². The number of thiol groups is 1. The molecule has 0 fully saturated rings. The van der Waals surface area contributed by atoms with E-state index in [0.29, 0.717) is 5.69 Å². The minimum absolute atomic E-state index is 0.0939. The second-order valence-electron chi connectivity index (χ2n) is 5.37. The smallest absolute Gasteiger partial charge is 0.325 e. The fourth-order valence-electron chi connectivity index (χ4n) is 2.12. The number of nitrogens with zero attached hydrogens (tertiary/aromatic N) is 1. The molecule has 0 amide bonds. The summed E-state index contributed by atoms with van der Waals surface area (Å²) in [5, 5.41) is 10.5. The van der Waals surface area contributed by atoms with Crippen molar-refractivity contribution in [3.63, 3.8) is 0 Å². The van der Waals surface area contributed by atoms with Crippen molar-refractivity contribution in [3.05, 3.63) is 75.1 Å². The average Bonchev–Trinajstić information content (AvgIpc) is 3.02. The molecule has 0 aliphatic heterocycles. The SMILES string of the molecule is Brc1cc2ccc1=2.Cc1ccc(-c2coc(C(S)C(=O)O)n2)cc1. The van der Waals surface area contributed by atoms with Gasteiger partial charge in [0.2, 0.25) is 5.89 Å². The van der Waals surface area contributed by atoms with Gasteiger partial charge in [-0.3, -0.25) is 4.79 Å². The molecule has 0 radical (unpaired) electrons. The maximum absolute atomic E-state index is 10.7. The van der Waals surface area contributed by atoms with Crippen LogP contribution in [0.3, 0.4) is 0 Å². The van der Waals surface area contributed by atoms with Crippen molar-refractivity contribution >= 4 is 34.5 Å². The Morgan fingerprint density at radius 2 is 1.96 bits per heavy atom. The molecule has 2 aromatic rings. The summed E-state index contributed by atoms with van der Waals surface area (Å²) in [5.74, 6) is -0.984. The van der Waals surface area contributed by atoms with Crippen molar-refractivity contribution < 1.29 is 14.3 Å². The topological polar surface area (TPSA) is 63.3 Å². The highest BCUT2D eigenvalue weighted by atomic mass is 79.9. The fourth-order valence-corrected chi connectivity index (χ4v) is 2.84. The molecule has 0 saturated carbocycles. The highest BCUT2D eigenvalue weighted by Crippen LogP contribution is 2.24. The van der Waals surface area contributed by atoms with Gasteiger partial charge in [0.05, 0.1) is 0 Å². The van der Waals surface area contributed by atoms with Gasteiger partial charge in [0.25, 0.3) is 0 Å². The molecule has 1 N–H and O–H groups in total. The molecular formula is C18H14BrNO3S. The van der Waals surface area contributed by atoms with Crippen LogP contribution in [0.5, 0.6) is 0 Å². The Hall–Kier alpha value is -2.05. The number of aromatic nitrogens is 1. The summed E-state index contributed by atoms with van der Waals surface area (Å²) >= 11 is 7.27. The van der Waals surface area contributed by atoms with Gasteiger partial charge < -0.3 is 9.52 Å². The zero-order chi connectivity index (χ0) is 17.3. The van der Waals surface area contributed by atoms with Crippen molar-refractivity contribution in [1.29, 1.82) is 0 Å². The predicted molar refractivity (Wildman–Crippen MR) is 97.9 cm³/mol. The standard InChI is InChI=1S/C12H11NO3S.C6H3Br/c1-7-2-4-8(5-3-7)9-6-16-11(13-9)10(17)12(14)15;7-6-3-4-1-2-5(4)6/h2-6,10,17H,1H3,(H,14,15);1-3H. The number of oxazole rings is 1. The first-order valence-corrected chi connectivity index (χ1v) is 8.50. The number of hydrogen-bond donors (Lipinski definition) is 2. The molecule has 1 aromatic heterocycles. The molecule has 1 atom stereocenters. The van der Waals surface area contributed by atoms with Crippen molar-refractivity contribution in [2.75, 3.05) is 0 Å². The Morgan fingerprint density at radius 3 is 2.38 bits per heavy atom. The van der Waals surface area contributed by atoms with Crippen molar-refractivity contribution in [1.82, 2.24) is 4.98 Å². The van der Waals surface area contributed by atoms with Crippen molar-refractivity contribution in [2.45, 2.75) is 12.2 Å². The summed E-state index contributed by atoms with van der Waals surface area (Å²) in [6, 6.07) is 14.1. The Labute approximate surface area is 152 Å². The van der Waals surface area contributed by atoms with E-state index in [1.807, 2.05) is 31.2 Å². The van der Waals surface area contributed by atoms with Crippen LogP contribution in [0.15, 0.2) is 57.6 Å². The van der Waals surface area contributed by atoms with Gasteiger partial charge in [-0.2, -0.15) is 12.6 Å². The lowest BCUT2D eigenvalue weighted by Gasteiger charge is -2.02. The molecule has 0 bridgehead atoms. The first-order chi connectivity index (χ1) is 11.5. The molecule has 1 aromatic carbocycles. The number of halogens is 1. The summed E-state index contributed by atoms with van der Waals surface area (Å²) < 4.78 is 6.36. The first kappa shape index (κ1) is 16.8. The van der Waals surface area contributed by atoms with Crippen LogP contribution in [0.25, 0.3) is 11.3 Å². The molecule has 4 nitrogen and oxygen atoms in total. The first-order valence-electron chi connectivity index (χ1n) is 7.19. The van der Waals surface area contributed by atoms with Crippen LogP contribution in [-0.2, 0) is 4.79 Å². The lowest BCUT2D eigenvalue weighted by atomic mass is 10.1. The number of carbonyl (C=O) groups is 1. The number of hydrogen-bond acceptors (Lipinski definition) is 4. The highest BCUT2D eigenvalue weighted by molar-refractivity contribution is 9.10. The van der Waals surface area contributed by atoms with Crippen molar-refractivity contribution in [3.8, 4) is 11.3 Å². The van der Waals surface area contributed by atoms with Gasteiger partial charge in [0.15, 0.2) is 5.25 Å². The molecule has 0 saturated heterocycles.